The molecule has 6 heteroatoms. The van der Waals surface area contributed by atoms with E-state index in [2.05, 4.69) is 15.2 Å². The van der Waals surface area contributed by atoms with Gasteiger partial charge in [0.15, 0.2) is 0 Å². The molecule has 3 nitrogen and oxygen atoms in total. The summed E-state index contributed by atoms with van der Waals surface area (Å²) in [5, 5.41) is 3.05. The minimum Gasteiger partial charge on any atom is -0.373 e. The van der Waals surface area contributed by atoms with E-state index in [1.807, 2.05) is 19.2 Å². The predicted octanol–water partition coefficient (Wildman–Crippen LogP) is 5.30. The van der Waals surface area contributed by atoms with E-state index in [-0.39, 0.29) is 0 Å². The Balaban J connectivity index is 1.85. The normalized spacial score (nSPS) is 15.5. The molecule has 1 N–H and O–H groups in total. The molecule has 2 aromatic rings. The number of anilines is 2. The van der Waals surface area contributed by atoms with Crippen molar-refractivity contribution in [3.63, 3.8) is 0 Å². The van der Waals surface area contributed by atoms with Crippen molar-refractivity contribution < 1.29 is 13.2 Å². The van der Waals surface area contributed by atoms with E-state index < -0.39 is 11.7 Å². The molecule has 1 saturated heterocycles. The molecule has 0 aliphatic carbocycles. The number of rotatable bonds is 4. The van der Waals surface area contributed by atoms with Crippen LogP contribution in [0, 0.1) is 0 Å². The molecule has 0 unspecified atom stereocenters. The van der Waals surface area contributed by atoms with Gasteiger partial charge >= 0.3 is 6.18 Å². The van der Waals surface area contributed by atoms with E-state index in [0.717, 1.165) is 42.4 Å². The fraction of sp³-hybridized carbons (Fsp3) is 0.350. The van der Waals surface area contributed by atoms with Gasteiger partial charge in [-0.1, -0.05) is 18.2 Å². The largest absolute Gasteiger partial charge is 0.416 e. The molecule has 0 atom stereocenters. The monoisotopic (exact) mass is 361 g/mol. The molecule has 1 fully saturated rings. The van der Waals surface area contributed by atoms with Crippen LogP contribution >= 0.6 is 0 Å². The van der Waals surface area contributed by atoms with Crippen LogP contribution in [-0.2, 0) is 6.18 Å². The highest BCUT2D eigenvalue weighted by Gasteiger charge is 2.30. The Morgan fingerprint density at radius 3 is 2.50 bits per heavy atom. The maximum Gasteiger partial charge on any atom is 0.416 e. The van der Waals surface area contributed by atoms with Gasteiger partial charge in [-0.2, -0.15) is 13.2 Å². The van der Waals surface area contributed by atoms with Crippen molar-refractivity contribution in [1.29, 1.82) is 0 Å². The number of nitrogens with one attached hydrogen (secondary N) is 1. The molecule has 0 saturated carbocycles. The standard InChI is InChI=1S/C20H22F3N3/c1-24-19-14-18(26-10-3-2-4-11-26)13-17(25-19)9-8-15-6-5-7-16(12-15)20(21,22)23/h5-9,12-14H,2-4,10-11H2,1H3,(H,24,25)/b9-8+. The van der Waals surface area contributed by atoms with Crippen molar-refractivity contribution in [2.24, 2.45) is 0 Å². The zero-order valence-corrected chi connectivity index (χ0v) is 14.7. The molecule has 3 rings (SSSR count). The first-order valence-corrected chi connectivity index (χ1v) is 8.76. The molecule has 2 heterocycles. The number of hydrogen-bond acceptors (Lipinski definition) is 3. The second-order valence-electron chi connectivity index (χ2n) is 6.39. The summed E-state index contributed by atoms with van der Waals surface area (Å²) in [5.41, 5.74) is 1.66. The van der Waals surface area contributed by atoms with Crippen LogP contribution in [0.25, 0.3) is 12.2 Å². The Morgan fingerprint density at radius 1 is 1.04 bits per heavy atom. The average Bonchev–Trinajstić information content (AvgIpc) is 2.66. The van der Waals surface area contributed by atoms with Crippen molar-refractivity contribution in [3.05, 3.63) is 53.2 Å². The van der Waals surface area contributed by atoms with Gasteiger partial charge in [0, 0.05) is 31.9 Å². The van der Waals surface area contributed by atoms with Crippen LogP contribution in [0.2, 0.25) is 0 Å². The topological polar surface area (TPSA) is 28.2 Å². The molecule has 1 aromatic heterocycles. The molecule has 1 aliphatic heterocycles. The van der Waals surface area contributed by atoms with Crippen LogP contribution in [0.4, 0.5) is 24.7 Å². The summed E-state index contributed by atoms with van der Waals surface area (Å²) in [7, 11) is 1.81. The lowest BCUT2D eigenvalue weighted by molar-refractivity contribution is -0.137. The third-order valence-electron chi connectivity index (χ3n) is 4.47. The van der Waals surface area contributed by atoms with Crippen LogP contribution in [-0.4, -0.2) is 25.1 Å². The minimum atomic E-state index is -4.34. The quantitative estimate of drug-likeness (QED) is 0.801. The third-order valence-corrected chi connectivity index (χ3v) is 4.47. The van der Waals surface area contributed by atoms with E-state index in [1.165, 1.54) is 25.3 Å². The lowest BCUT2D eigenvalue weighted by atomic mass is 10.1. The van der Waals surface area contributed by atoms with Crippen molar-refractivity contribution in [2.75, 3.05) is 30.4 Å². The van der Waals surface area contributed by atoms with Gasteiger partial charge in [0.25, 0.3) is 0 Å². The molecule has 0 radical (unpaired) electrons. The molecule has 0 amide bonds. The molecule has 0 bridgehead atoms. The maximum atomic E-state index is 12.8. The van der Waals surface area contributed by atoms with Gasteiger partial charge in [-0.25, -0.2) is 4.98 Å². The number of piperidine rings is 1. The summed E-state index contributed by atoms with van der Waals surface area (Å²) in [5.74, 6) is 0.747. The molecular weight excluding hydrogens is 339 g/mol. The van der Waals surface area contributed by atoms with Crippen LogP contribution in [0.3, 0.4) is 0 Å². The number of pyridine rings is 1. The zero-order valence-electron chi connectivity index (χ0n) is 14.7. The predicted molar refractivity (Wildman–Crippen MR) is 100 cm³/mol. The first-order valence-electron chi connectivity index (χ1n) is 8.76. The first kappa shape index (κ1) is 18.3. The van der Waals surface area contributed by atoms with Crippen molar-refractivity contribution in [3.8, 4) is 0 Å². The SMILES string of the molecule is CNc1cc(N2CCCCC2)cc(/C=C/c2cccc(C(F)(F)F)c2)n1. The smallest absolute Gasteiger partial charge is 0.373 e. The van der Waals surface area contributed by atoms with Gasteiger partial charge in [0.2, 0.25) is 0 Å². The molecule has 1 aromatic carbocycles. The van der Waals surface area contributed by atoms with Gasteiger partial charge in [-0.3, -0.25) is 0 Å². The van der Waals surface area contributed by atoms with Crippen LogP contribution in [0.5, 0.6) is 0 Å². The summed E-state index contributed by atoms with van der Waals surface area (Å²) < 4.78 is 38.5. The Hall–Kier alpha value is -2.50. The summed E-state index contributed by atoms with van der Waals surface area (Å²) in [6.45, 7) is 2.04. The summed E-state index contributed by atoms with van der Waals surface area (Å²) in [6.07, 6.45) is 2.68. The summed E-state index contributed by atoms with van der Waals surface area (Å²) >= 11 is 0. The number of hydrogen-bond donors (Lipinski definition) is 1. The zero-order chi connectivity index (χ0) is 18.6. The van der Waals surface area contributed by atoms with Crippen LogP contribution in [0.1, 0.15) is 36.1 Å². The Labute approximate surface area is 151 Å². The van der Waals surface area contributed by atoms with E-state index in [1.54, 1.807) is 18.2 Å². The lowest BCUT2D eigenvalue weighted by Gasteiger charge is -2.29. The van der Waals surface area contributed by atoms with Crippen molar-refractivity contribution in [2.45, 2.75) is 25.4 Å². The van der Waals surface area contributed by atoms with Gasteiger partial charge < -0.3 is 10.2 Å². The van der Waals surface area contributed by atoms with Gasteiger partial charge in [0.1, 0.15) is 5.82 Å². The Bertz CT molecular complexity index is 778. The van der Waals surface area contributed by atoms with E-state index in [4.69, 9.17) is 0 Å². The minimum absolute atomic E-state index is 0.496. The maximum absolute atomic E-state index is 12.8. The Kier molecular flexibility index (Phi) is 5.49. The third kappa shape index (κ3) is 4.56. The first-order chi connectivity index (χ1) is 12.5. The summed E-state index contributed by atoms with van der Waals surface area (Å²) in [6, 6.07) is 9.27. The van der Waals surface area contributed by atoms with E-state index in [0.29, 0.717) is 5.56 Å². The molecular formula is C20H22F3N3. The number of benzene rings is 1. The van der Waals surface area contributed by atoms with Gasteiger partial charge in [-0.05, 0) is 49.1 Å². The summed E-state index contributed by atoms with van der Waals surface area (Å²) in [4.78, 5) is 6.81. The van der Waals surface area contributed by atoms with Crippen LogP contribution in [0.15, 0.2) is 36.4 Å². The fourth-order valence-electron chi connectivity index (χ4n) is 3.09. The highest BCUT2D eigenvalue weighted by atomic mass is 19.4. The van der Waals surface area contributed by atoms with Crippen molar-refractivity contribution >= 4 is 23.7 Å². The number of halogens is 3. The fourth-order valence-corrected chi connectivity index (χ4v) is 3.09. The highest BCUT2D eigenvalue weighted by molar-refractivity contribution is 5.71. The molecule has 0 spiro atoms. The second-order valence-corrected chi connectivity index (χ2v) is 6.39. The Morgan fingerprint density at radius 2 is 1.81 bits per heavy atom. The van der Waals surface area contributed by atoms with Gasteiger partial charge in [-0.15, -0.1) is 0 Å². The highest BCUT2D eigenvalue weighted by Crippen LogP contribution is 2.30. The molecule has 138 valence electrons. The number of nitrogens with zero attached hydrogens (tertiary/aromatic N) is 2. The van der Waals surface area contributed by atoms with Crippen molar-refractivity contribution in [1.82, 2.24) is 4.98 Å². The average molecular weight is 361 g/mol. The molecule has 26 heavy (non-hydrogen) atoms. The molecule has 1 aliphatic rings. The lowest BCUT2D eigenvalue weighted by Crippen LogP contribution is -2.29. The second kappa shape index (κ2) is 7.81. The van der Waals surface area contributed by atoms with Gasteiger partial charge in [0.05, 0.1) is 11.3 Å². The number of alkyl halides is 3. The van der Waals surface area contributed by atoms with E-state index in [9.17, 15) is 13.2 Å². The van der Waals surface area contributed by atoms with E-state index >= 15 is 0 Å². The van der Waals surface area contributed by atoms with Crippen LogP contribution < -0.4 is 10.2 Å². The number of aromatic nitrogens is 1.